The molecule has 0 amide bonds. The Morgan fingerprint density at radius 1 is 1.29 bits per heavy atom. The molecule has 3 nitrogen and oxygen atoms in total. The normalized spacial score (nSPS) is 9.71. The lowest BCUT2D eigenvalue weighted by atomic mass is 10.1. The first-order valence-electron chi connectivity index (χ1n) is 6.01. The summed E-state index contributed by atoms with van der Waals surface area (Å²) in [5.41, 5.74) is 2.07. The average Bonchev–Trinajstić information content (AvgIpc) is 2.37. The number of aldehydes is 1. The molecule has 3 heteroatoms. The molecule has 0 aromatic heterocycles. The summed E-state index contributed by atoms with van der Waals surface area (Å²) in [7, 11) is 0. The van der Waals surface area contributed by atoms with Crippen LogP contribution in [0.25, 0.3) is 0 Å². The molecule has 0 heterocycles. The topological polar surface area (TPSA) is 44.1 Å². The summed E-state index contributed by atoms with van der Waals surface area (Å²) in [6.07, 6.45) is 2.86. The molecule has 0 aliphatic carbocycles. The van der Waals surface area contributed by atoms with E-state index in [1.54, 1.807) is 12.1 Å². The monoisotopic (exact) mass is 230 g/mol. The van der Waals surface area contributed by atoms with Crippen LogP contribution < -0.4 is 4.90 Å². The highest BCUT2D eigenvalue weighted by Gasteiger charge is 2.10. The maximum absolute atomic E-state index is 10.7. The number of rotatable bonds is 6. The predicted molar refractivity (Wildman–Crippen MR) is 69.3 cm³/mol. The third kappa shape index (κ3) is 3.32. The number of hydrogen-bond acceptors (Lipinski definition) is 3. The van der Waals surface area contributed by atoms with E-state index >= 15 is 0 Å². The minimum absolute atomic E-state index is 0.554. The van der Waals surface area contributed by atoms with Crippen LogP contribution in [0.1, 0.15) is 42.6 Å². The van der Waals surface area contributed by atoms with Crippen LogP contribution in [0.4, 0.5) is 5.69 Å². The summed E-state index contributed by atoms with van der Waals surface area (Å²) in [5.74, 6) is 0. The standard InChI is InChI=1S/C14H18N2O/c1-3-7-16(8-4-2)14-6-5-12(11-17)9-13(14)10-15/h5-6,9,11H,3-4,7-8H2,1-2H3. The zero-order chi connectivity index (χ0) is 12.7. The van der Waals surface area contributed by atoms with Gasteiger partial charge in [0, 0.05) is 18.7 Å². The molecule has 0 atom stereocenters. The molecule has 1 rings (SSSR count). The number of nitrogens with zero attached hydrogens (tertiary/aromatic N) is 2. The summed E-state index contributed by atoms with van der Waals surface area (Å²) in [5, 5.41) is 9.13. The van der Waals surface area contributed by atoms with Crippen molar-refractivity contribution in [1.82, 2.24) is 0 Å². The molecule has 0 aliphatic rings. The number of nitriles is 1. The van der Waals surface area contributed by atoms with E-state index < -0.39 is 0 Å². The molecule has 17 heavy (non-hydrogen) atoms. The van der Waals surface area contributed by atoms with Gasteiger partial charge in [-0.25, -0.2) is 0 Å². The first-order valence-corrected chi connectivity index (χ1v) is 6.01. The number of anilines is 1. The number of carbonyl (C=O) groups excluding carboxylic acids is 1. The van der Waals surface area contributed by atoms with Crippen molar-refractivity contribution < 1.29 is 4.79 Å². The van der Waals surface area contributed by atoms with Crippen molar-refractivity contribution in [2.24, 2.45) is 0 Å². The summed E-state index contributed by atoms with van der Waals surface area (Å²) >= 11 is 0. The van der Waals surface area contributed by atoms with E-state index in [1.807, 2.05) is 6.07 Å². The molecule has 0 fully saturated rings. The van der Waals surface area contributed by atoms with Crippen LogP contribution in [0.3, 0.4) is 0 Å². The Balaban J connectivity index is 3.09. The zero-order valence-electron chi connectivity index (χ0n) is 10.4. The second-order valence-corrected chi connectivity index (χ2v) is 3.99. The van der Waals surface area contributed by atoms with Gasteiger partial charge in [-0.15, -0.1) is 0 Å². The third-order valence-corrected chi connectivity index (χ3v) is 2.60. The van der Waals surface area contributed by atoms with Crippen LogP contribution >= 0.6 is 0 Å². The van der Waals surface area contributed by atoms with Crippen molar-refractivity contribution in [3.63, 3.8) is 0 Å². The summed E-state index contributed by atoms with van der Waals surface area (Å²) in [6, 6.07) is 7.45. The Bertz CT molecular complexity index is 415. The fraction of sp³-hybridized carbons (Fsp3) is 0.429. The van der Waals surface area contributed by atoms with Gasteiger partial charge < -0.3 is 4.90 Å². The Morgan fingerprint density at radius 2 is 1.94 bits per heavy atom. The van der Waals surface area contributed by atoms with E-state index in [-0.39, 0.29) is 0 Å². The van der Waals surface area contributed by atoms with E-state index in [0.717, 1.165) is 37.9 Å². The highest BCUT2D eigenvalue weighted by molar-refractivity contribution is 5.78. The zero-order valence-corrected chi connectivity index (χ0v) is 10.4. The Hall–Kier alpha value is -1.82. The smallest absolute Gasteiger partial charge is 0.150 e. The fourth-order valence-corrected chi connectivity index (χ4v) is 1.88. The van der Waals surface area contributed by atoms with E-state index in [0.29, 0.717) is 11.1 Å². The van der Waals surface area contributed by atoms with Gasteiger partial charge in [0.1, 0.15) is 12.4 Å². The lowest BCUT2D eigenvalue weighted by Crippen LogP contribution is -2.25. The van der Waals surface area contributed by atoms with E-state index in [4.69, 9.17) is 5.26 Å². The fourth-order valence-electron chi connectivity index (χ4n) is 1.88. The van der Waals surface area contributed by atoms with E-state index in [9.17, 15) is 4.79 Å². The first kappa shape index (κ1) is 13.2. The van der Waals surface area contributed by atoms with Gasteiger partial charge in [0.2, 0.25) is 0 Å². The summed E-state index contributed by atoms with van der Waals surface area (Å²) < 4.78 is 0. The average molecular weight is 230 g/mol. The van der Waals surface area contributed by atoms with Crippen LogP contribution in [-0.2, 0) is 0 Å². The minimum Gasteiger partial charge on any atom is -0.370 e. The first-order chi connectivity index (χ1) is 8.26. The van der Waals surface area contributed by atoms with E-state index in [1.165, 1.54) is 0 Å². The third-order valence-electron chi connectivity index (χ3n) is 2.60. The highest BCUT2D eigenvalue weighted by Crippen LogP contribution is 2.21. The lowest BCUT2D eigenvalue weighted by molar-refractivity contribution is 0.112. The van der Waals surface area contributed by atoms with Crippen molar-refractivity contribution in [1.29, 1.82) is 5.26 Å². The molecule has 0 unspecified atom stereocenters. The van der Waals surface area contributed by atoms with Crippen LogP contribution in [0.15, 0.2) is 18.2 Å². The number of benzene rings is 1. The molecule has 0 saturated carbocycles. The van der Waals surface area contributed by atoms with Crippen molar-refractivity contribution in [2.75, 3.05) is 18.0 Å². The van der Waals surface area contributed by atoms with Crippen molar-refractivity contribution in [2.45, 2.75) is 26.7 Å². The molecule has 90 valence electrons. The van der Waals surface area contributed by atoms with Crippen LogP contribution in [0, 0.1) is 11.3 Å². The molecule has 1 aromatic rings. The second kappa shape index (κ2) is 6.70. The quantitative estimate of drug-likeness (QED) is 0.706. The largest absolute Gasteiger partial charge is 0.370 e. The van der Waals surface area contributed by atoms with Gasteiger partial charge in [0.15, 0.2) is 0 Å². The Labute approximate surface area is 103 Å². The van der Waals surface area contributed by atoms with Crippen molar-refractivity contribution >= 4 is 12.0 Å². The molecule has 0 bridgehead atoms. The molecule has 0 saturated heterocycles. The highest BCUT2D eigenvalue weighted by atomic mass is 16.1. The Morgan fingerprint density at radius 3 is 2.41 bits per heavy atom. The van der Waals surface area contributed by atoms with Crippen LogP contribution in [-0.4, -0.2) is 19.4 Å². The molecule has 1 aromatic carbocycles. The number of carbonyl (C=O) groups is 1. The summed E-state index contributed by atoms with van der Waals surface area (Å²) in [6.45, 7) is 6.11. The van der Waals surface area contributed by atoms with Gasteiger partial charge in [0.05, 0.1) is 11.3 Å². The van der Waals surface area contributed by atoms with Gasteiger partial charge in [-0.05, 0) is 31.0 Å². The van der Waals surface area contributed by atoms with Crippen molar-refractivity contribution in [3.05, 3.63) is 29.3 Å². The molecule has 0 aliphatic heterocycles. The van der Waals surface area contributed by atoms with Gasteiger partial charge >= 0.3 is 0 Å². The number of hydrogen-bond donors (Lipinski definition) is 0. The minimum atomic E-state index is 0.554. The summed E-state index contributed by atoms with van der Waals surface area (Å²) in [4.78, 5) is 12.9. The van der Waals surface area contributed by atoms with E-state index in [2.05, 4.69) is 24.8 Å². The molecule has 0 N–H and O–H groups in total. The van der Waals surface area contributed by atoms with Gasteiger partial charge in [-0.1, -0.05) is 13.8 Å². The van der Waals surface area contributed by atoms with Crippen LogP contribution in [0.5, 0.6) is 0 Å². The molecular formula is C14H18N2O. The predicted octanol–water partition coefficient (Wildman–Crippen LogP) is 3.00. The maximum atomic E-state index is 10.7. The molecule has 0 spiro atoms. The van der Waals surface area contributed by atoms with Gasteiger partial charge in [-0.3, -0.25) is 4.79 Å². The van der Waals surface area contributed by atoms with Crippen LogP contribution in [0.2, 0.25) is 0 Å². The van der Waals surface area contributed by atoms with Crippen molar-refractivity contribution in [3.8, 4) is 6.07 Å². The van der Waals surface area contributed by atoms with Gasteiger partial charge in [0.25, 0.3) is 0 Å². The maximum Gasteiger partial charge on any atom is 0.150 e. The SMILES string of the molecule is CCCN(CCC)c1ccc(C=O)cc1C#N. The second-order valence-electron chi connectivity index (χ2n) is 3.99. The molecular weight excluding hydrogens is 212 g/mol. The Kier molecular flexibility index (Phi) is 5.22. The lowest BCUT2D eigenvalue weighted by Gasteiger charge is -2.24. The van der Waals surface area contributed by atoms with Gasteiger partial charge in [-0.2, -0.15) is 5.26 Å². The molecule has 0 radical (unpaired) electrons.